The number of nitro benzene ring substituents is 1. The van der Waals surface area contributed by atoms with E-state index in [1.54, 1.807) is 42.5 Å². The topological polar surface area (TPSA) is 140 Å². The van der Waals surface area contributed by atoms with Gasteiger partial charge in [0.1, 0.15) is 6.61 Å². The van der Waals surface area contributed by atoms with Crippen LogP contribution in [0.15, 0.2) is 76.7 Å². The van der Waals surface area contributed by atoms with Gasteiger partial charge in [-0.3, -0.25) is 14.9 Å². The van der Waals surface area contributed by atoms with Gasteiger partial charge < -0.3 is 14.6 Å². The van der Waals surface area contributed by atoms with E-state index in [2.05, 4.69) is 10.5 Å². The van der Waals surface area contributed by atoms with E-state index in [1.165, 1.54) is 49.4 Å². The first-order chi connectivity index (χ1) is 16.9. The van der Waals surface area contributed by atoms with Crippen molar-refractivity contribution in [1.82, 2.24) is 5.43 Å². The normalized spacial score (nSPS) is 10.7. The Bertz CT molecular complexity index is 1230. The third kappa shape index (κ3) is 7.30. The van der Waals surface area contributed by atoms with E-state index in [1.807, 2.05) is 0 Å². The number of carbonyl (C=O) groups is 2. The summed E-state index contributed by atoms with van der Waals surface area (Å²) in [6.07, 6.45) is 1.43. The van der Waals surface area contributed by atoms with Gasteiger partial charge in [0.15, 0.2) is 11.5 Å². The minimum Gasteiger partial charge on any atom is -0.493 e. The van der Waals surface area contributed by atoms with Crippen molar-refractivity contribution in [2.24, 2.45) is 5.10 Å². The minimum atomic E-state index is -1.01. The fraction of sp³-hybridized carbons (Fsp3) is 0.125. The number of carbonyl (C=O) groups excluding carboxylic acids is 1. The van der Waals surface area contributed by atoms with Gasteiger partial charge in [0.25, 0.3) is 5.69 Å². The highest BCUT2D eigenvalue weighted by Crippen LogP contribution is 2.31. The second-order valence-electron chi connectivity index (χ2n) is 7.00. The van der Waals surface area contributed by atoms with Gasteiger partial charge in [-0.25, -0.2) is 10.2 Å². The molecule has 0 aliphatic carbocycles. The zero-order valence-electron chi connectivity index (χ0n) is 18.5. The number of hydrogen-bond acceptors (Lipinski definition) is 8. The molecule has 0 saturated heterocycles. The van der Waals surface area contributed by atoms with Crippen molar-refractivity contribution >= 4 is 35.5 Å². The molecule has 10 nitrogen and oxygen atoms in total. The lowest BCUT2D eigenvalue weighted by molar-refractivity contribution is -0.384. The van der Waals surface area contributed by atoms with Gasteiger partial charge in [-0.15, -0.1) is 11.8 Å². The Morgan fingerprint density at radius 2 is 1.83 bits per heavy atom. The van der Waals surface area contributed by atoms with Gasteiger partial charge >= 0.3 is 5.97 Å². The van der Waals surface area contributed by atoms with E-state index < -0.39 is 10.9 Å². The van der Waals surface area contributed by atoms with Gasteiger partial charge in [-0.2, -0.15) is 5.10 Å². The number of non-ortho nitro benzene ring substituents is 1. The Balaban J connectivity index is 1.59. The standard InChI is InChI=1S/C24H21N3O7S/c1-33-21-4-2-3-18(23(21)34-14-16-5-7-17(8-6-16)24(29)30)13-25-26-22(28)15-35-20-11-9-19(10-12-20)27(31)32/h2-13H,14-15H2,1H3,(H,26,28)(H,29,30)/b25-13-. The molecule has 0 aromatic heterocycles. The summed E-state index contributed by atoms with van der Waals surface area (Å²) in [5.41, 5.74) is 3.93. The number of hydrazone groups is 1. The molecular formula is C24H21N3O7S. The number of para-hydroxylation sites is 1. The van der Waals surface area contributed by atoms with Crippen LogP contribution in [0.1, 0.15) is 21.5 Å². The Morgan fingerprint density at radius 3 is 2.46 bits per heavy atom. The molecule has 180 valence electrons. The summed E-state index contributed by atoms with van der Waals surface area (Å²) in [5.74, 6) is -0.405. The molecule has 0 bridgehead atoms. The SMILES string of the molecule is COc1cccc(/C=N\NC(=O)CSc2ccc([N+](=O)[O-])cc2)c1OCc1ccc(C(=O)O)cc1. The monoisotopic (exact) mass is 495 g/mol. The summed E-state index contributed by atoms with van der Waals surface area (Å²) in [5, 5.41) is 23.7. The number of amides is 1. The number of thioether (sulfide) groups is 1. The van der Waals surface area contributed by atoms with E-state index in [9.17, 15) is 19.7 Å². The van der Waals surface area contributed by atoms with Crippen molar-refractivity contribution < 1.29 is 29.1 Å². The molecule has 3 aromatic carbocycles. The summed E-state index contributed by atoms with van der Waals surface area (Å²) in [4.78, 5) is 34.1. The molecule has 0 aliphatic rings. The number of nitrogens with zero attached hydrogens (tertiary/aromatic N) is 2. The van der Waals surface area contributed by atoms with Crippen molar-refractivity contribution in [3.05, 3.63) is 93.5 Å². The summed E-state index contributed by atoms with van der Waals surface area (Å²) in [6.45, 7) is 0.166. The van der Waals surface area contributed by atoms with E-state index in [-0.39, 0.29) is 29.5 Å². The van der Waals surface area contributed by atoms with Crippen LogP contribution >= 0.6 is 11.8 Å². The van der Waals surface area contributed by atoms with E-state index in [0.717, 1.165) is 10.5 Å². The van der Waals surface area contributed by atoms with Crippen molar-refractivity contribution in [2.75, 3.05) is 12.9 Å². The van der Waals surface area contributed by atoms with Crippen LogP contribution in [-0.4, -0.2) is 41.0 Å². The quantitative estimate of drug-likeness (QED) is 0.175. The molecule has 2 N–H and O–H groups in total. The summed E-state index contributed by atoms with van der Waals surface area (Å²) >= 11 is 1.22. The van der Waals surface area contributed by atoms with Gasteiger partial charge in [0, 0.05) is 22.6 Å². The Kier molecular flexibility index (Phi) is 8.79. The fourth-order valence-electron chi connectivity index (χ4n) is 2.87. The zero-order chi connectivity index (χ0) is 25.2. The number of nitrogens with one attached hydrogen (secondary N) is 1. The van der Waals surface area contributed by atoms with Gasteiger partial charge in [0.05, 0.1) is 29.6 Å². The molecule has 11 heteroatoms. The summed E-state index contributed by atoms with van der Waals surface area (Å²) < 4.78 is 11.3. The Morgan fingerprint density at radius 1 is 1.11 bits per heavy atom. The third-order valence-corrected chi connectivity index (χ3v) is 5.64. The van der Waals surface area contributed by atoms with Crippen LogP contribution in [0, 0.1) is 10.1 Å². The largest absolute Gasteiger partial charge is 0.493 e. The zero-order valence-corrected chi connectivity index (χ0v) is 19.4. The molecule has 3 rings (SSSR count). The molecule has 0 heterocycles. The maximum absolute atomic E-state index is 12.1. The van der Waals surface area contributed by atoms with Crippen LogP contribution in [0.5, 0.6) is 11.5 Å². The van der Waals surface area contributed by atoms with Crippen molar-refractivity contribution in [3.8, 4) is 11.5 Å². The maximum atomic E-state index is 12.1. The molecule has 0 radical (unpaired) electrons. The van der Waals surface area contributed by atoms with Crippen LogP contribution < -0.4 is 14.9 Å². The molecule has 0 fully saturated rings. The lowest BCUT2D eigenvalue weighted by Crippen LogP contribution is -2.19. The van der Waals surface area contributed by atoms with Crippen LogP contribution in [0.2, 0.25) is 0 Å². The highest BCUT2D eigenvalue weighted by molar-refractivity contribution is 8.00. The predicted octanol–water partition coefficient (Wildman–Crippen LogP) is 4.12. The molecule has 35 heavy (non-hydrogen) atoms. The first-order valence-corrected chi connectivity index (χ1v) is 11.2. The van der Waals surface area contributed by atoms with Gasteiger partial charge in [-0.1, -0.05) is 18.2 Å². The average molecular weight is 496 g/mol. The van der Waals surface area contributed by atoms with Crippen LogP contribution in [0.4, 0.5) is 5.69 Å². The number of carboxylic acids is 1. The molecule has 3 aromatic rings. The number of ether oxygens (including phenoxy) is 2. The molecule has 0 unspecified atom stereocenters. The number of benzene rings is 3. The highest BCUT2D eigenvalue weighted by Gasteiger charge is 2.11. The fourth-order valence-corrected chi connectivity index (χ4v) is 3.56. The number of methoxy groups -OCH3 is 1. The number of carboxylic acid groups (broad SMARTS) is 1. The van der Waals surface area contributed by atoms with Crippen molar-refractivity contribution in [3.63, 3.8) is 0 Å². The van der Waals surface area contributed by atoms with Gasteiger partial charge in [0.2, 0.25) is 5.91 Å². The molecule has 0 aliphatic heterocycles. The molecule has 0 spiro atoms. The lowest BCUT2D eigenvalue weighted by Gasteiger charge is -2.13. The maximum Gasteiger partial charge on any atom is 0.335 e. The third-order valence-electron chi connectivity index (χ3n) is 4.62. The highest BCUT2D eigenvalue weighted by atomic mass is 32.2. The summed E-state index contributed by atoms with van der Waals surface area (Å²) in [7, 11) is 1.50. The molecule has 0 saturated carbocycles. The first-order valence-electron chi connectivity index (χ1n) is 10.2. The van der Waals surface area contributed by atoms with Gasteiger partial charge in [-0.05, 0) is 42.0 Å². The number of rotatable bonds is 11. The summed E-state index contributed by atoms with van der Waals surface area (Å²) in [6, 6.07) is 17.4. The molecular weight excluding hydrogens is 474 g/mol. The molecule has 0 atom stereocenters. The van der Waals surface area contributed by atoms with Crippen molar-refractivity contribution in [1.29, 1.82) is 0 Å². The lowest BCUT2D eigenvalue weighted by atomic mass is 10.1. The molecule has 1 amide bonds. The van der Waals surface area contributed by atoms with Crippen LogP contribution in [0.3, 0.4) is 0 Å². The second kappa shape index (κ2) is 12.2. The Hall–Kier alpha value is -4.38. The van der Waals surface area contributed by atoms with Crippen LogP contribution in [-0.2, 0) is 11.4 Å². The van der Waals surface area contributed by atoms with E-state index in [0.29, 0.717) is 17.1 Å². The van der Waals surface area contributed by atoms with Crippen LogP contribution in [0.25, 0.3) is 0 Å². The van der Waals surface area contributed by atoms with Crippen molar-refractivity contribution in [2.45, 2.75) is 11.5 Å². The number of nitro groups is 1. The number of aromatic carboxylic acids is 1. The average Bonchev–Trinajstić information content (AvgIpc) is 2.87. The Labute approximate surface area is 204 Å². The first kappa shape index (κ1) is 25.2. The smallest absolute Gasteiger partial charge is 0.335 e. The number of hydrogen-bond donors (Lipinski definition) is 2. The van der Waals surface area contributed by atoms with E-state index in [4.69, 9.17) is 14.6 Å². The predicted molar refractivity (Wildman–Crippen MR) is 130 cm³/mol. The minimum absolute atomic E-state index is 0.0167. The van der Waals surface area contributed by atoms with E-state index >= 15 is 0 Å². The second-order valence-corrected chi connectivity index (χ2v) is 8.05.